The molecule has 2 aromatic heterocycles. The van der Waals surface area contributed by atoms with E-state index in [0.717, 1.165) is 27.0 Å². The summed E-state index contributed by atoms with van der Waals surface area (Å²) in [5, 5.41) is 3.49. The molecule has 4 rings (SSSR count). The highest BCUT2D eigenvalue weighted by atomic mass is 32.2. The van der Waals surface area contributed by atoms with Gasteiger partial charge in [-0.15, -0.1) is 11.3 Å². The molecule has 140 valence electrons. The Balaban J connectivity index is 1.58. The minimum Gasteiger partial charge on any atom is -0.307 e. The number of rotatable bonds is 4. The Labute approximate surface area is 165 Å². The molecule has 0 bridgehead atoms. The average molecular weight is 409 g/mol. The fraction of sp³-hybridized carbons (Fsp3) is 0.0500. The Hall–Kier alpha value is -3.10. The van der Waals surface area contributed by atoms with Gasteiger partial charge in [0.05, 0.1) is 20.7 Å². The Kier molecular flexibility index (Phi) is 4.66. The molecule has 0 spiro atoms. The van der Waals surface area contributed by atoms with Crippen LogP contribution in [0.15, 0.2) is 71.8 Å². The molecule has 0 aliphatic heterocycles. The third-order valence-corrected chi connectivity index (χ3v) is 6.32. The second-order valence-electron chi connectivity index (χ2n) is 6.14. The second-order valence-corrected chi connectivity index (χ2v) is 9.16. The van der Waals surface area contributed by atoms with Gasteiger partial charge in [-0.25, -0.2) is 18.4 Å². The molecule has 4 aromatic rings. The van der Waals surface area contributed by atoms with Crippen molar-refractivity contribution in [2.24, 2.45) is 0 Å². The van der Waals surface area contributed by atoms with Gasteiger partial charge in [0.1, 0.15) is 10.8 Å². The van der Waals surface area contributed by atoms with Crippen molar-refractivity contribution in [3.8, 4) is 10.6 Å². The van der Waals surface area contributed by atoms with Crippen molar-refractivity contribution < 1.29 is 13.2 Å². The van der Waals surface area contributed by atoms with Crippen LogP contribution in [0.4, 0.5) is 5.82 Å². The van der Waals surface area contributed by atoms with Gasteiger partial charge in [-0.1, -0.05) is 24.3 Å². The number of thiazole rings is 1. The van der Waals surface area contributed by atoms with Crippen LogP contribution in [-0.2, 0) is 9.84 Å². The zero-order valence-electron chi connectivity index (χ0n) is 14.8. The van der Waals surface area contributed by atoms with E-state index in [9.17, 15) is 13.2 Å². The van der Waals surface area contributed by atoms with Crippen molar-refractivity contribution in [2.45, 2.75) is 4.90 Å². The highest BCUT2D eigenvalue weighted by Crippen LogP contribution is 2.30. The molecule has 0 aliphatic rings. The van der Waals surface area contributed by atoms with E-state index in [1.165, 1.54) is 12.1 Å². The standard InChI is InChI=1S/C20H15N3O3S2/c1-28(25,26)17-9-5-2-6-14(17)19(24)23-18-11-10-13(12-21-18)20-22-15-7-3-4-8-16(15)27-20/h2-12H,1H3,(H,21,23,24). The van der Waals surface area contributed by atoms with Crippen LogP contribution in [0.2, 0.25) is 0 Å². The van der Waals surface area contributed by atoms with Gasteiger partial charge in [0.2, 0.25) is 0 Å². The fourth-order valence-electron chi connectivity index (χ4n) is 2.75. The number of anilines is 1. The molecule has 8 heteroatoms. The number of carbonyl (C=O) groups is 1. The minimum atomic E-state index is -3.51. The smallest absolute Gasteiger partial charge is 0.258 e. The predicted molar refractivity (Wildman–Crippen MR) is 110 cm³/mol. The fourth-order valence-corrected chi connectivity index (χ4v) is 4.59. The number of pyridine rings is 1. The van der Waals surface area contributed by atoms with Crippen molar-refractivity contribution >= 4 is 43.1 Å². The van der Waals surface area contributed by atoms with Gasteiger partial charge in [-0.05, 0) is 36.4 Å². The summed E-state index contributed by atoms with van der Waals surface area (Å²) in [6, 6.07) is 17.5. The van der Waals surface area contributed by atoms with Crippen LogP contribution < -0.4 is 5.32 Å². The first-order valence-electron chi connectivity index (χ1n) is 8.34. The number of carbonyl (C=O) groups excluding carboxylic acids is 1. The maximum atomic E-state index is 12.5. The summed E-state index contributed by atoms with van der Waals surface area (Å²) in [5.74, 6) is -0.195. The molecule has 0 aliphatic carbocycles. The number of nitrogens with one attached hydrogen (secondary N) is 1. The Morgan fingerprint density at radius 3 is 2.46 bits per heavy atom. The SMILES string of the molecule is CS(=O)(=O)c1ccccc1C(=O)Nc1ccc(-c2nc3ccccc3s2)cn1. The third-order valence-electron chi connectivity index (χ3n) is 4.08. The number of nitrogens with zero attached hydrogens (tertiary/aromatic N) is 2. The Morgan fingerprint density at radius 2 is 1.75 bits per heavy atom. The number of sulfone groups is 1. The first-order valence-corrected chi connectivity index (χ1v) is 11.0. The maximum Gasteiger partial charge on any atom is 0.258 e. The summed E-state index contributed by atoms with van der Waals surface area (Å²) in [6.45, 7) is 0. The van der Waals surface area contributed by atoms with Crippen molar-refractivity contribution in [1.82, 2.24) is 9.97 Å². The molecule has 0 saturated carbocycles. The lowest BCUT2D eigenvalue weighted by atomic mass is 10.2. The zero-order valence-corrected chi connectivity index (χ0v) is 16.4. The topological polar surface area (TPSA) is 89.0 Å². The molecule has 2 aromatic carbocycles. The summed E-state index contributed by atoms with van der Waals surface area (Å²) in [7, 11) is -3.51. The largest absolute Gasteiger partial charge is 0.307 e. The molecule has 0 unspecified atom stereocenters. The van der Waals surface area contributed by atoms with Gasteiger partial charge in [0, 0.05) is 18.0 Å². The number of fused-ring (bicyclic) bond motifs is 1. The summed E-state index contributed by atoms with van der Waals surface area (Å²) >= 11 is 1.57. The van der Waals surface area contributed by atoms with E-state index in [1.54, 1.807) is 35.7 Å². The van der Waals surface area contributed by atoms with Gasteiger partial charge in [0.25, 0.3) is 5.91 Å². The van der Waals surface area contributed by atoms with Crippen LogP contribution >= 0.6 is 11.3 Å². The Bertz CT molecular complexity index is 1250. The second kappa shape index (κ2) is 7.14. The molecule has 28 heavy (non-hydrogen) atoms. The number of aromatic nitrogens is 2. The van der Waals surface area contributed by atoms with Crippen LogP contribution in [-0.4, -0.2) is 30.5 Å². The van der Waals surface area contributed by atoms with E-state index in [-0.39, 0.29) is 10.5 Å². The van der Waals surface area contributed by atoms with Gasteiger partial charge < -0.3 is 5.32 Å². The van der Waals surface area contributed by atoms with E-state index in [4.69, 9.17) is 0 Å². The average Bonchev–Trinajstić information content (AvgIpc) is 3.12. The quantitative estimate of drug-likeness (QED) is 0.550. The van der Waals surface area contributed by atoms with Gasteiger partial charge in [-0.2, -0.15) is 0 Å². The molecule has 0 radical (unpaired) electrons. The van der Waals surface area contributed by atoms with Crippen LogP contribution in [0, 0.1) is 0 Å². The Morgan fingerprint density at radius 1 is 1.00 bits per heavy atom. The number of benzene rings is 2. The molecule has 0 saturated heterocycles. The zero-order chi connectivity index (χ0) is 19.7. The maximum absolute atomic E-state index is 12.5. The van der Waals surface area contributed by atoms with Crippen molar-refractivity contribution in [1.29, 1.82) is 0 Å². The highest BCUT2D eigenvalue weighted by molar-refractivity contribution is 7.90. The molecule has 1 amide bonds. The molecule has 6 nitrogen and oxygen atoms in total. The minimum absolute atomic E-state index is 0.0152. The highest BCUT2D eigenvalue weighted by Gasteiger charge is 2.18. The lowest BCUT2D eigenvalue weighted by Crippen LogP contribution is -2.16. The van der Waals surface area contributed by atoms with Crippen LogP contribution in [0.1, 0.15) is 10.4 Å². The van der Waals surface area contributed by atoms with E-state index < -0.39 is 15.7 Å². The summed E-state index contributed by atoms with van der Waals surface area (Å²) in [4.78, 5) is 21.4. The molecule has 2 heterocycles. The van der Waals surface area contributed by atoms with E-state index >= 15 is 0 Å². The summed E-state index contributed by atoms with van der Waals surface area (Å²) in [5.41, 5.74) is 1.86. The van der Waals surface area contributed by atoms with E-state index in [2.05, 4.69) is 15.3 Å². The van der Waals surface area contributed by atoms with E-state index in [0.29, 0.717) is 5.82 Å². The lowest BCUT2D eigenvalue weighted by Gasteiger charge is -2.08. The van der Waals surface area contributed by atoms with Crippen LogP contribution in [0.3, 0.4) is 0 Å². The predicted octanol–water partition coefficient (Wildman–Crippen LogP) is 4.01. The van der Waals surface area contributed by atoms with Crippen molar-refractivity contribution in [3.63, 3.8) is 0 Å². The lowest BCUT2D eigenvalue weighted by molar-refractivity contribution is 0.102. The summed E-state index contributed by atoms with van der Waals surface area (Å²) in [6.07, 6.45) is 2.71. The number of para-hydroxylation sites is 1. The van der Waals surface area contributed by atoms with Crippen LogP contribution in [0.5, 0.6) is 0 Å². The number of amides is 1. The normalized spacial score (nSPS) is 11.5. The first-order chi connectivity index (χ1) is 13.4. The molecule has 0 fully saturated rings. The molecule has 0 atom stereocenters. The van der Waals surface area contributed by atoms with Gasteiger partial charge in [0.15, 0.2) is 9.84 Å². The molecular formula is C20H15N3O3S2. The third kappa shape index (κ3) is 3.64. The van der Waals surface area contributed by atoms with Crippen molar-refractivity contribution in [2.75, 3.05) is 11.6 Å². The molecule has 1 N–H and O–H groups in total. The van der Waals surface area contributed by atoms with Crippen LogP contribution in [0.25, 0.3) is 20.8 Å². The van der Waals surface area contributed by atoms with Crippen molar-refractivity contribution in [3.05, 3.63) is 72.4 Å². The first kappa shape index (κ1) is 18.3. The number of hydrogen-bond donors (Lipinski definition) is 1. The van der Waals surface area contributed by atoms with Gasteiger partial charge in [-0.3, -0.25) is 4.79 Å². The summed E-state index contributed by atoms with van der Waals surface area (Å²) < 4.78 is 24.9. The van der Waals surface area contributed by atoms with E-state index in [1.807, 2.05) is 30.3 Å². The molecular weight excluding hydrogens is 394 g/mol. The van der Waals surface area contributed by atoms with Gasteiger partial charge >= 0.3 is 0 Å². The number of hydrogen-bond acceptors (Lipinski definition) is 6. The monoisotopic (exact) mass is 409 g/mol.